The van der Waals surface area contributed by atoms with Crippen molar-refractivity contribution in [1.29, 1.82) is 0 Å². The van der Waals surface area contributed by atoms with Crippen LogP contribution in [0.2, 0.25) is 0 Å². The number of hydrogen-bond acceptors (Lipinski definition) is 5. The summed E-state index contributed by atoms with van der Waals surface area (Å²) in [5.41, 5.74) is 1.53. The number of aryl methyl sites for hydroxylation is 1. The number of rotatable bonds is 3. The van der Waals surface area contributed by atoms with E-state index in [0.29, 0.717) is 16.8 Å². The van der Waals surface area contributed by atoms with E-state index in [1.165, 1.54) is 6.07 Å². The Kier molecular flexibility index (Phi) is 4.31. The zero-order chi connectivity index (χ0) is 15.5. The summed E-state index contributed by atoms with van der Waals surface area (Å²) in [6.45, 7) is 3.08. The predicted octanol–water partition coefficient (Wildman–Crippen LogP) is 1.44. The van der Waals surface area contributed by atoms with Crippen LogP contribution in [0.5, 0.6) is 0 Å². The molecular formula is C14H14N2O4S. The summed E-state index contributed by atoms with van der Waals surface area (Å²) < 4.78 is 32.1. The number of benzene rings is 1. The SMILES string of the molecule is Cc1noc(NS(=O)(=O)c2ccccc2C#CCO)c1C. The van der Waals surface area contributed by atoms with Gasteiger partial charge in [-0.3, -0.25) is 0 Å². The van der Waals surface area contributed by atoms with E-state index in [0.717, 1.165) is 0 Å². The molecule has 0 aliphatic rings. The molecule has 0 atom stereocenters. The fraction of sp³-hybridized carbons (Fsp3) is 0.214. The number of anilines is 1. The van der Waals surface area contributed by atoms with Gasteiger partial charge >= 0.3 is 0 Å². The lowest BCUT2D eigenvalue weighted by Crippen LogP contribution is -2.14. The first-order valence-electron chi connectivity index (χ1n) is 6.10. The Morgan fingerprint density at radius 1 is 1.33 bits per heavy atom. The maximum atomic E-state index is 12.4. The number of sulfonamides is 1. The third-order valence-corrected chi connectivity index (χ3v) is 4.25. The van der Waals surface area contributed by atoms with Crippen LogP contribution in [0.1, 0.15) is 16.8 Å². The number of nitrogens with zero attached hydrogens (tertiary/aromatic N) is 1. The summed E-state index contributed by atoms with van der Waals surface area (Å²) >= 11 is 0. The Bertz CT molecular complexity index is 813. The molecular weight excluding hydrogens is 292 g/mol. The largest absolute Gasteiger partial charge is 0.384 e. The van der Waals surface area contributed by atoms with Crippen LogP contribution in [-0.4, -0.2) is 25.3 Å². The Balaban J connectivity index is 2.43. The third-order valence-electron chi connectivity index (χ3n) is 2.86. The third kappa shape index (κ3) is 3.24. The molecule has 2 N–H and O–H groups in total. The van der Waals surface area contributed by atoms with E-state index in [-0.39, 0.29) is 17.4 Å². The number of aromatic nitrogens is 1. The lowest BCUT2D eigenvalue weighted by Gasteiger charge is -2.07. The van der Waals surface area contributed by atoms with Crippen LogP contribution in [0.3, 0.4) is 0 Å². The normalized spacial score (nSPS) is 10.8. The monoisotopic (exact) mass is 306 g/mol. The standard InChI is InChI=1S/C14H14N2O4S/c1-10-11(2)15-20-14(10)16-21(18,19)13-8-4-3-6-12(13)7-5-9-17/h3-4,6,8,16-17H,9H2,1-2H3. The maximum Gasteiger partial charge on any atom is 0.265 e. The van der Waals surface area contributed by atoms with E-state index in [2.05, 4.69) is 21.7 Å². The van der Waals surface area contributed by atoms with Gasteiger partial charge in [0, 0.05) is 11.1 Å². The Morgan fingerprint density at radius 2 is 2.05 bits per heavy atom. The molecule has 0 bridgehead atoms. The lowest BCUT2D eigenvalue weighted by atomic mass is 10.2. The van der Waals surface area contributed by atoms with E-state index in [4.69, 9.17) is 9.63 Å². The fourth-order valence-electron chi connectivity index (χ4n) is 1.63. The Hall–Kier alpha value is -2.30. The summed E-state index contributed by atoms with van der Waals surface area (Å²) in [6, 6.07) is 6.26. The molecule has 0 spiro atoms. The second-order valence-electron chi connectivity index (χ2n) is 4.28. The average molecular weight is 306 g/mol. The van der Waals surface area contributed by atoms with Gasteiger partial charge in [0.2, 0.25) is 5.88 Å². The second kappa shape index (κ2) is 5.99. The van der Waals surface area contributed by atoms with Crippen LogP contribution in [0.15, 0.2) is 33.7 Å². The highest BCUT2D eigenvalue weighted by atomic mass is 32.2. The minimum atomic E-state index is -3.85. The van der Waals surface area contributed by atoms with Crippen LogP contribution in [0, 0.1) is 25.7 Å². The van der Waals surface area contributed by atoms with Gasteiger partial charge in [0.25, 0.3) is 10.0 Å². The van der Waals surface area contributed by atoms with Crippen molar-refractivity contribution < 1.29 is 18.0 Å². The first kappa shape index (κ1) is 15.1. The van der Waals surface area contributed by atoms with Crippen molar-refractivity contribution in [2.45, 2.75) is 18.7 Å². The van der Waals surface area contributed by atoms with Crippen molar-refractivity contribution in [1.82, 2.24) is 5.16 Å². The van der Waals surface area contributed by atoms with Gasteiger partial charge in [0.15, 0.2) is 0 Å². The molecule has 21 heavy (non-hydrogen) atoms. The number of aliphatic hydroxyl groups is 1. The highest BCUT2D eigenvalue weighted by molar-refractivity contribution is 7.92. The predicted molar refractivity (Wildman–Crippen MR) is 77.2 cm³/mol. The summed E-state index contributed by atoms with van der Waals surface area (Å²) in [6.07, 6.45) is 0. The van der Waals surface area contributed by atoms with E-state index < -0.39 is 10.0 Å². The highest BCUT2D eigenvalue weighted by Gasteiger charge is 2.21. The molecule has 1 aromatic heterocycles. The van der Waals surface area contributed by atoms with E-state index >= 15 is 0 Å². The van der Waals surface area contributed by atoms with Gasteiger partial charge in [-0.15, -0.1) is 0 Å². The molecule has 110 valence electrons. The van der Waals surface area contributed by atoms with E-state index in [1.54, 1.807) is 32.0 Å². The first-order chi connectivity index (χ1) is 9.95. The van der Waals surface area contributed by atoms with Crippen molar-refractivity contribution in [2.24, 2.45) is 0 Å². The van der Waals surface area contributed by atoms with Crippen LogP contribution in [0.4, 0.5) is 5.88 Å². The van der Waals surface area contributed by atoms with Gasteiger partial charge in [-0.05, 0) is 26.0 Å². The van der Waals surface area contributed by atoms with Crippen molar-refractivity contribution in [3.05, 3.63) is 41.1 Å². The molecule has 0 amide bonds. The Morgan fingerprint density at radius 3 is 2.67 bits per heavy atom. The molecule has 0 aliphatic heterocycles. The minimum absolute atomic E-state index is 0.0133. The van der Waals surface area contributed by atoms with Gasteiger partial charge in [-0.1, -0.05) is 29.1 Å². The molecule has 0 radical (unpaired) electrons. The van der Waals surface area contributed by atoms with Crippen molar-refractivity contribution in [2.75, 3.05) is 11.3 Å². The van der Waals surface area contributed by atoms with Gasteiger partial charge in [-0.2, -0.15) is 0 Å². The summed E-state index contributed by atoms with van der Waals surface area (Å²) in [7, 11) is -3.85. The van der Waals surface area contributed by atoms with E-state index in [9.17, 15) is 8.42 Å². The van der Waals surface area contributed by atoms with Crippen LogP contribution in [-0.2, 0) is 10.0 Å². The number of hydrogen-bond donors (Lipinski definition) is 2. The molecule has 0 saturated carbocycles. The van der Waals surface area contributed by atoms with Crippen LogP contribution >= 0.6 is 0 Å². The number of nitrogens with one attached hydrogen (secondary N) is 1. The van der Waals surface area contributed by atoms with Gasteiger partial charge < -0.3 is 9.63 Å². The van der Waals surface area contributed by atoms with Gasteiger partial charge in [-0.25, -0.2) is 13.1 Å². The summed E-state index contributed by atoms with van der Waals surface area (Å²) in [5, 5.41) is 12.4. The molecule has 0 unspecified atom stereocenters. The quantitative estimate of drug-likeness (QED) is 0.837. The molecule has 7 heteroatoms. The molecule has 0 aliphatic carbocycles. The van der Waals surface area contributed by atoms with Crippen LogP contribution < -0.4 is 4.72 Å². The molecule has 0 fully saturated rings. The lowest BCUT2D eigenvalue weighted by molar-refractivity contribution is 0.350. The number of aliphatic hydroxyl groups excluding tert-OH is 1. The summed E-state index contributed by atoms with van der Waals surface area (Å²) in [5.74, 6) is 5.12. The molecule has 1 aromatic carbocycles. The summed E-state index contributed by atoms with van der Waals surface area (Å²) in [4.78, 5) is 0.0133. The minimum Gasteiger partial charge on any atom is -0.384 e. The Labute approximate surface area is 122 Å². The van der Waals surface area contributed by atoms with E-state index in [1.807, 2.05) is 0 Å². The fourth-order valence-corrected chi connectivity index (χ4v) is 2.84. The van der Waals surface area contributed by atoms with Gasteiger partial charge in [0.05, 0.1) is 5.69 Å². The smallest absolute Gasteiger partial charge is 0.265 e. The zero-order valence-corrected chi connectivity index (χ0v) is 12.4. The molecule has 1 heterocycles. The zero-order valence-electron chi connectivity index (χ0n) is 11.5. The maximum absolute atomic E-state index is 12.4. The first-order valence-corrected chi connectivity index (χ1v) is 7.58. The van der Waals surface area contributed by atoms with Gasteiger partial charge in [0.1, 0.15) is 11.5 Å². The van der Waals surface area contributed by atoms with Crippen molar-refractivity contribution in [3.63, 3.8) is 0 Å². The second-order valence-corrected chi connectivity index (χ2v) is 5.93. The van der Waals surface area contributed by atoms with Crippen molar-refractivity contribution >= 4 is 15.9 Å². The van der Waals surface area contributed by atoms with Crippen LogP contribution in [0.25, 0.3) is 0 Å². The molecule has 6 nitrogen and oxygen atoms in total. The van der Waals surface area contributed by atoms with Crippen molar-refractivity contribution in [3.8, 4) is 11.8 Å². The topological polar surface area (TPSA) is 92.4 Å². The highest BCUT2D eigenvalue weighted by Crippen LogP contribution is 2.23. The molecule has 2 rings (SSSR count). The average Bonchev–Trinajstić information content (AvgIpc) is 2.77. The molecule has 0 saturated heterocycles. The molecule has 2 aromatic rings.